The number of hydrogen-bond donors (Lipinski definition) is 2. The van der Waals surface area contributed by atoms with Gasteiger partial charge in [-0.2, -0.15) is 0 Å². The molecule has 2 heterocycles. The van der Waals surface area contributed by atoms with Crippen LogP contribution >= 0.6 is 11.3 Å². The lowest BCUT2D eigenvalue weighted by atomic mass is 9.87. The van der Waals surface area contributed by atoms with Gasteiger partial charge in [-0.1, -0.05) is 24.3 Å². The van der Waals surface area contributed by atoms with E-state index in [1.165, 1.54) is 0 Å². The molecule has 1 aliphatic rings. The summed E-state index contributed by atoms with van der Waals surface area (Å²) in [7, 11) is -3.33. The summed E-state index contributed by atoms with van der Waals surface area (Å²) in [5, 5.41) is 0.341. The van der Waals surface area contributed by atoms with E-state index in [0.29, 0.717) is 13.2 Å². The van der Waals surface area contributed by atoms with Gasteiger partial charge < -0.3 is 10.5 Å². The number of benzene rings is 1. The Morgan fingerprint density at radius 2 is 1.92 bits per heavy atom. The Balaban J connectivity index is 1.80. The first kappa shape index (κ1) is 18.4. The Labute approximate surface area is 153 Å². The molecule has 5 nitrogen and oxygen atoms in total. The van der Waals surface area contributed by atoms with Crippen LogP contribution in [0.1, 0.15) is 31.7 Å². The maximum absolute atomic E-state index is 12.2. The third kappa shape index (κ3) is 4.23. The minimum Gasteiger partial charge on any atom is -0.391 e. The maximum Gasteiger partial charge on any atom is 0.214 e. The van der Waals surface area contributed by atoms with Crippen LogP contribution in [0.15, 0.2) is 36.4 Å². The molecule has 1 aromatic heterocycles. The van der Waals surface area contributed by atoms with Crippen LogP contribution in [-0.4, -0.2) is 32.9 Å². The lowest BCUT2D eigenvalue weighted by molar-refractivity contribution is 0.0644. The summed E-state index contributed by atoms with van der Waals surface area (Å²) < 4.78 is 32.8. The van der Waals surface area contributed by atoms with Crippen LogP contribution < -0.4 is 10.5 Å². The number of anilines is 1. The quantitative estimate of drug-likeness (QED) is 0.835. The summed E-state index contributed by atoms with van der Waals surface area (Å²) in [5.74, 6) is 0.115. The standard InChI is InChI=1S/C18H24N2O3S2/c1-12(2)25(21,22)20-16-11-23-10-9-15(16)13-3-5-14(6-4-13)17-7-8-18(19)24-17/h3-8,12,15-16,20H,9-11,19H2,1-2H3/t15-,16+/m1/s1. The van der Waals surface area contributed by atoms with E-state index in [9.17, 15) is 8.42 Å². The minimum absolute atomic E-state index is 0.115. The molecule has 1 fully saturated rings. The van der Waals surface area contributed by atoms with E-state index in [0.717, 1.165) is 27.4 Å². The van der Waals surface area contributed by atoms with Crippen LogP contribution in [0.4, 0.5) is 5.00 Å². The highest BCUT2D eigenvalue weighted by atomic mass is 32.2. The van der Waals surface area contributed by atoms with Crippen LogP contribution in [0.2, 0.25) is 0 Å². The molecule has 2 aromatic rings. The van der Waals surface area contributed by atoms with Crippen molar-refractivity contribution >= 4 is 26.4 Å². The highest BCUT2D eigenvalue weighted by Crippen LogP contribution is 2.33. The predicted molar refractivity (Wildman–Crippen MR) is 103 cm³/mol. The molecule has 1 saturated heterocycles. The van der Waals surface area contributed by atoms with Gasteiger partial charge in [-0.15, -0.1) is 11.3 Å². The summed E-state index contributed by atoms with van der Waals surface area (Å²) in [5.41, 5.74) is 8.06. The highest BCUT2D eigenvalue weighted by Gasteiger charge is 2.31. The SMILES string of the molecule is CC(C)S(=O)(=O)N[C@H]1COCC[C@@H]1c1ccc(-c2ccc(N)s2)cc1. The van der Waals surface area contributed by atoms with Crippen LogP contribution in [0, 0.1) is 0 Å². The number of nitrogens with two attached hydrogens (primary N) is 1. The minimum atomic E-state index is -3.33. The van der Waals surface area contributed by atoms with Gasteiger partial charge in [-0.25, -0.2) is 13.1 Å². The molecule has 7 heteroatoms. The average molecular weight is 381 g/mol. The number of rotatable bonds is 5. The molecule has 1 aromatic carbocycles. The van der Waals surface area contributed by atoms with Gasteiger partial charge in [0.2, 0.25) is 10.0 Å². The van der Waals surface area contributed by atoms with Crippen molar-refractivity contribution in [2.24, 2.45) is 0 Å². The third-order valence-electron chi connectivity index (χ3n) is 4.54. The molecule has 0 aliphatic carbocycles. The second-order valence-corrected chi connectivity index (χ2v) is 10.00. The Bertz CT molecular complexity index is 813. The lowest BCUT2D eigenvalue weighted by Gasteiger charge is -2.33. The lowest BCUT2D eigenvalue weighted by Crippen LogP contribution is -2.47. The molecule has 25 heavy (non-hydrogen) atoms. The Kier molecular flexibility index (Phi) is 5.48. The Morgan fingerprint density at radius 1 is 1.20 bits per heavy atom. The molecule has 3 N–H and O–H groups in total. The topological polar surface area (TPSA) is 81.4 Å². The van der Waals surface area contributed by atoms with E-state index in [-0.39, 0.29) is 12.0 Å². The summed E-state index contributed by atoms with van der Waals surface area (Å²) >= 11 is 1.56. The molecule has 0 spiro atoms. The number of nitrogen functional groups attached to an aromatic ring is 1. The van der Waals surface area contributed by atoms with Gasteiger partial charge in [0, 0.05) is 17.4 Å². The second kappa shape index (κ2) is 7.45. The number of thiophene rings is 1. The summed E-state index contributed by atoms with van der Waals surface area (Å²) in [6.45, 7) is 4.42. The fourth-order valence-electron chi connectivity index (χ4n) is 3.00. The van der Waals surface area contributed by atoms with Crippen LogP contribution in [0.25, 0.3) is 10.4 Å². The van der Waals surface area contributed by atoms with Crippen molar-refractivity contribution in [1.82, 2.24) is 4.72 Å². The van der Waals surface area contributed by atoms with E-state index >= 15 is 0 Å². The van der Waals surface area contributed by atoms with E-state index in [1.54, 1.807) is 25.2 Å². The first-order valence-corrected chi connectivity index (χ1v) is 10.8. The van der Waals surface area contributed by atoms with Crippen molar-refractivity contribution in [1.29, 1.82) is 0 Å². The van der Waals surface area contributed by atoms with E-state index in [1.807, 2.05) is 12.1 Å². The van der Waals surface area contributed by atoms with Gasteiger partial charge in [-0.05, 0) is 43.5 Å². The van der Waals surface area contributed by atoms with Crippen molar-refractivity contribution in [3.8, 4) is 10.4 Å². The summed E-state index contributed by atoms with van der Waals surface area (Å²) in [4.78, 5) is 1.13. The van der Waals surface area contributed by atoms with Crippen LogP contribution in [0.3, 0.4) is 0 Å². The van der Waals surface area contributed by atoms with E-state index < -0.39 is 15.3 Å². The fourth-order valence-corrected chi connectivity index (χ4v) is 4.71. The largest absolute Gasteiger partial charge is 0.391 e. The summed E-state index contributed by atoms with van der Waals surface area (Å²) in [6, 6.07) is 12.0. The molecule has 0 unspecified atom stereocenters. The molecular formula is C18H24N2O3S2. The number of sulfonamides is 1. The van der Waals surface area contributed by atoms with Gasteiger partial charge in [0.1, 0.15) is 0 Å². The monoisotopic (exact) mass is 380 g/mol. The van der Waals surface area contributed by atoms with Crippen molar-refractivity contribution in [3.63, 3.8) is 0 Å². The molecular weight excluding hydrogens is 356 g/mol. The molecule has 0 saturated carbocycles. The molecule has 0 amide bonds. The smallest absolute Gasteiger partial charge is 0.214 e. The zero-order valence-corrected chi connectivity index (χ0v) is 16.1. The van der Waals surface area contributed by atoms with Crippen molar-refractivity contribution in [3.05, 3.63) is 42.0 Å². The average Bonchev–Trinajstić information content (AvgIpc) is 3.01. The van der Waals surface area contributed by atoms with Gasteiger partial charge in [0.05, 0.1) is 22.9 Å². The molecule has 0 radical (unpaired) electrons. The van der Waals surface area contributed by atoms with Gasteiger partial charge in [0.25, 0.3) is 0 Å². The number of ether oxygens (including phenoxy) is 1. The molecule has 136 valence electrons. The van der Waals surface area contributed by atoms with E-state index in [4.69, 9.17) is 10.5 Å². The van der Waals surface area contributed by atoms with Gasteiger partial charge in [0.15, 0.2) is 0 Å². The molecule has 0 bridgehead atoms. The van der Waals surface area contributed by atoms with Crippen molar-refractivity contribution in [2.45, 2.75) is 37.5 Å². The zero-order valence-electron chi connectivity index (χ0n) is 14.4. The molecule has 3 rings (SSSR count). The van der Waals surface area contributed by atoms with Gasteiger partial charge in [-0.3, -0.25) is 0 Å². The fraction of sp³-hybridized carbons (Fsp3) is 0.444. The Morgan fingerprint density at radius 3 is 2.52 bits per heavy atom. The van der Waals surface area contributed by atoms with Crippen molar-refractivity contribution < 1.29 is 13.2 Å². The predicted octanol–water partition coefficient (Wildman–Crippen LogP) is 3.20. The van der Waals surface area contributed by atoms with E-state index in [2.05, 4.69) is 29.0 Å². The maximum atomic E-state index is 12.2. The number of hydrogen-bond acceptors (Lipinski definition) is 5. The summed E-state index contributed by atoms with van der Waals surface area (Å²) in [6.07, 6.45) is 0.802. The number of nitrogens with one attached hydrogen (secondary N) is 1. The first-order chi connectivity index (χ1) is 11.9. The first-order valence-electron chi connectivity index (χ1n) is 8.41. The highest BCUT2D eigenvalue weighted by molar-refractivity contribution is 7.90. The van der Waals surface area contributed by atoms with Gasteiger partial charge >= 0.3 is 0 Å². The molecule has 2 atom stereocenters. The van der Waals surface area contributed by atoms with Crippen LogP contribution in [-0.2, 0) is 14.8 Å². The third-order valence-corrected chi connectivity index (χ3v) is 7.38. The van der Waals surface area contributed by atoms with Crippen molar-refractivity contribution in [2.75, 3.05) is 18.9 Å². The van der Waals surface area contributed by atoms with Crippen LogP contribution in [0.5, 0.6) is 0 Å². The zero-order chi connectivity index (χ0) is 18.0. The second-order valence-electron chi connectivity index (χ2n) is 6.61. The Hall–Kier alpha value is -1.41. The molecule has 1 aliphatic heterocycles. The normalized spacial score (nSPS) is 21.6.